The van der Waals surface area contributed by atoms with Gasteiger partial charge in [-0.05, 0) is 17.7 Å². The van der Waals surface area contributed by atoms with Gasteiger partial charge < -0.3 is 0 Å². The van der Waals surface area contributed by atoms with Crippen LogP contribution in [0, 0.1) is 0 Å². The summed E-state index contributed by atoms with van der Waals surface area (Å²) in [5.41, 5.74) is 1.24. The largest absolute Gasteiger partial charge is 0.294 e. The maximum atomic E-state index is 12.2. The Hall–Kier alpha value is -2.20. The number of piperazine rings is 1. The molecule has 0 aliphatic carbocycles. The zero-order valence-corrected chi connectivity index (χ0v) is 11.3. The van der Waals surface area contributed by atoms with Crippen molar-refractivity contribution in [3.8, 4) is 0 Å². The Kier molecular flexibility index (Phi) is 3.74. The predicted molar refractivity (Wildman–Crippen MR) is 78.3 cm³/mol. The van der Waals surface area contributed by atoms with E-state index in [1.807, 2.05) is 36.4 Å². The van der Waals surface area contributed by atoms with Gasteiger partial charge in [0.15, 0.2) is 0 Å². The van der Waals surface area contributed by atoms with Crippen LogP contribution < -0.4 is 4.90 Å². The molecule has 0 radical (unpaired) electrons. The molecule has 1 fully saturated rings. The average Bonchev–Trinajstić information content (AvgIpc) is 2.49. The second-order valence-corrected chi connectivity index (χ2v) is 4.93. The maximum Gasteiger partial charge on any atom is 0.242 e. The molecule has 2 heterocycles. The van der Waals surface area contributed by atoms with Crippen LogP contribution in [0.4, 0.5) is 5.82 Å². The van der Waals surface area contributed by atoms with Crippen molar-refractivity contribution in [2.45, 2.75) is 6.54 Å². The molecule has 0 spiro atoms. The van der Waals surface area contributed by atoms with Crippen LogP contribution in [0.15, 0.2) is 54.7 Å². The highest BCUT2D eigenvalue weighted by Gasteiger charge is 2.25. The Bertz CT molecular complexity index is 571. The highest BCUT2D eigenvalue weighted by atomic mass is 16.2. The highest BCUT2D eigenvalue weighted by molar-refractivity contribution is 5.94. The Morgan fingerprint density at radius 1 is 1.00 bits per heavy atom. The zero-order valence-electron chi connectivity index (χ0n) is 11.3. The summed E-state index contributed by atoms with van der Waals surface area (Å²) in [6.07, 6.45) is 1.72. The van der Waals surface area contributed by atoms with Crippen LogP contribution in [0.3, 0.4) is 0 Å². The normalized spacial score (nSPS) is 16.4. The first-order valence-electron chi connectivity index (χ1n) is 6.80. The second kappa shape index (κ2) is 5.84. The number of hydrogen-bond acceptors (Lipinski definition) is 3. The van der Waals surface area contributed by atoms with E-state index in [0.717, 1.165) is 18.9 Å². The van der Waals surface area contributed by atoms with Crippen molar-refractivity contribution in [3.63, 3.8) is 0 Å². The maximum absolute atomic E-state index is 12.2. The van der Waals surface area contributed by atoms with E-state index in [9.17, 15) is 4.79 Å². The minimum absolute atomic E-state index is 0.117. The molecule has 2 aromatic rings. The summed E-state index contributed by atoms with van der Waals surface area (Å²) in [6.45, 7) is 2.84. The topological polar surface area (TPSA) is 36.4 Å². The standard InChI is InChI=1S/C16H17N3O/c20-16-13-18(12-14-6-2-1-3-7-14)10-11-19(16)15-8-4-5-9-17-15/h1-9H,10-13H2. The highest BCUT2D eigenvalue weighted by Crippen LogP contribution is 2.15. The molecule has 20 heavy (non-hydrogen) atoms. The van der Waals surface area contributed by atoms with E-state index in [1.165, 1.54) is 5.56 Å². The van der Waals surface area contributed by atoms with Gasteiger partial charge in [-0.25, -0.2) is 4.98 Å². The molecule has 1 aromatic heterocycles. The fraction of sp³-hybridized carbons (Fsp3) is 0.250. The van der Waals surface area contributed by atoms with Gasteiger partial charge in [-0.2, -0.15) is 0 Å². The molecule has 0 atom stereocenters. The molecule has 1 aliphatic rings. The molecule has 1 amide bonds. The van der Waals surface area contributed by atoms with Crippen molar-refractivity contribution in [1.82, 2.24) is 9.88 Å². The molecule has 3 rings (SSSR count). The van der Waals surface area contributed by atoms with E-state index in [-0.39, 0.29) is 5.91 Å². The van der Waals surface area contributed by atoms with Gasteiger partial charge in [0, 0.05) is 25.8 Å². The molecule has 102 valence electrons. The summed E-state index contributed by atoms with van der Waals surface area (Å²) in [6, 6.07) is 15.9. The lowest BCUT2D eigenvalue weighted by Crippen LogP contribution is -2.50. The van der Waals surface area contributed by atoms with Crippen molar-refractivity contribution in [3.05, 3.63) is 60.3 Å². The van der Waals surface area contributed by atoms with E-state index in [0.29, 0.717) is 13.1 Å². The average molecular weight is 267 g/mol. The SMILES string of the molecule is O=C1CN(Cc2ccccc2)CCN1c1ccccn1. The third kappa shape index (κ3) is 2.86. The number of aromatic nitrogens is 1. The molecule has 4 nitrogen and oxygen atoms in total. The summed E-state index contributed by atoms with van der Waals surface area (Å²) in [5.74, 6) is 0.864. The van der Waals surface area contributed by atoms with Gasteiger partial charge >= 0.3 is 0 Å². The Balaban J connectivity index is 1.64. The van der Waals surface area contributed by atoms with Gasteiger partial charge in [0.25, 0.3) is 0 Å². The fourth-order valence-electron chi connectivity index (χ4n) is 2.45. The summed E-state index contributed by atoms with van der Waals surface area (Å²) in [7, 11) is 0. The van der Waals surface area contributed by atoms with Crippen LogP contribution in [-0.2, 0) is 11.3 Å². The first-order valence-corrected chi connectivity index (χ1v) is 6.80. The number of benzene rings is 1. The van der Waals surface area contributed by atoms with Gasteiger partial charge in [-0.3, -0.25) is 14.6 Å². The van der Waals surface area contributed by atoms with E-state index >= 15 is 0 Å². The smallest absolute Gasteiger partial charge is 0.242 e. The van der Waals surface area contributed by atoms with Gasteiger partial charge in [-0.1, -0.05) is 36.4 Å². The first kappa shape index (κ1) is 12.8. The van der Waals surface area contributed by atoms with Crippen molar-refractivity contribution < 1.29 is 4.79 Å². The van der Waals surface area contributed by atoms with Crippen LogP contribution >= 0.6 is 0 Å². The molecule has 1 aromatic carbocycles. The monoisotopic (exact) mass is 267 g/mol. The fourth-order valence-corrected chi connectivity index (χ4v) is 2.45. The Morgan fingerprint density at radius 2 is 1.80 bits per heavy atom. The van der Waals surface area contributed by atoms with E-state index in [2.05, 4.69) is 22.0 Å². The number of anilines is 1. The number of carbonyl (C=O) groups is 1. The Labute approximate surface area is 118 Å². The lowest BCUT2D eigenvalue weighted by Gasteiger charge is -2.33. The third-order valence-corrected chi connectivity index (χ3v) is 3.47. The van der Waals surface area contributed by atoms with Crippen LogP contribution in [0.25, 0.3) is 0 Å². The van der Waals surface area contributed by atoms with Gasteiger partial charge in [0.2, 0.25) is 5.91 Å². The van der Waals surface area contributed by atoms with Crippen molar-refractivity contribution in [2.24, 2.45) is 0 Å². The minimum atomic E-state index is 0.117. The lowest BCUT2D eigenvalue weighted by atomic mass is 10.2. The third-order valence-electron chi connectivity index (χ3n) is 3.47. The van der Waals surface area contributed by atoms with Gasteiger partial charge in [0.1, 0.15) is 5.82 Å². The lowest BCUT2D eigenvalue weighted by molar-refractivity contribution is -0.121. The summed E-state index contributed by atoms with van der Waals surface area (Å²) < 4.78 is 0. The number of pyridine rings is 1. The predicted octanol–water partition coefficient (Wildman–Crippen LogP) is 1.93. The van der Waals surface area contributed by atoms with Crippen LogP contribution in [0.2, 0.25) is 0 Å². The molecule has 1 aliphatic heterocycles. The van der Waals surface area contributed by atoms with E-state index < -0.39 is 0 Å². The number of amides is 1. The molecule has 0 N–H and O–H groups in total. The quantitative estimate of drug-likeness (QED) is 0.852. The number of rotatable bonds is 3. The molecular formula is C16H17N3O. The molecule has 0 bridgehead atoms. The molecule has 1 saturated heterocycles. The molecule has 0 saturated carbocycles. The molecular weight excluding hydrogens is 250 g/mol. The number of hydrogen-bond donors (Lipinski definition) is 0. The summed E-state index contributed by atoms with van der Waals surface area (Å²) in [5, 5.41) is 0. The Morgan fingerprint density at radius 3 is 2.50 bits per heavy atom. The van der Waals surface area contributed by atoms with E-state index in [4.69, 9.17) is 0 Å². The van der Waals surface area contributed by atoms with Crippen molar-refractivity contribution >= 4 is 11.7 Å². The second-order valence-electron chi connectivity index (χ2n) is 4.93. The number of nitrogens with zero attached hydrogens (tertiary/aromatic N) is 3. The van der Waals surface area contributed by atoms with Crippen molar-refractivity contribution in [1.29, 1.82) is 0 Å². The molecule has 4 heteroatoms. The summed E-state index contributed by atoms with van der Waals surface area (Å²) in [4.78, 5) is 20.4. The minimum Gasteiger partial charge on any atom is -0.294 e. The first-order chi connectivity index (χ1) is 9.83. The zero-order chi connectivity index (χ0) is 13.8. The van der Waals surface area contributed by atoms with Gasteiger partial charge in [0.05, 0.1) is 6.54 Å². The number of carbonyl (C=O) groups excluding carboxylic acids is 1. The van der Waals surface area contributed by atoms with Gasteiger partial charge in [-0.15, -0.1) is 0 Å². The summed E-state index contributed by atoms with van der Waals surface area (Å²) >= 11 is 0. The molecule has 0 unspecified atom stereocenters. The van der Waals surface area contributed by atoms with E-state index in [1.54, 1.807) is 11.1 Å². The van der Waals surface area contributed by atoms with Crippen molar-refractivity contribution in [2.75, 3.05) is 24.5 Å². The van der Waals surface area contributed by atoms with Crippen LogP contribution in [0.5, 0.6) is 0 Å². The van der Waals surface area contributed by atoms with Crippen LogP contribution in [0.1, 0.15) is 5.56 Å². The van der Waals surface area contributed by atoms with Crippen LogP contribution in [-0.4, -0.2) is 35.4 Å².